The van der Waals surface area contributed by atoms with Gasteiger partial charge in [0, 0.05) is 5.69 Å². The number of halogens is 5. The molecule has 0 aliphatic rings. The number of carbonyl (C=O) groups excluding carboxylic acids is 1. The Bertz CT molecular complexity index is 965. The molecule has 29 heavy (non-hydrogen) atoms. The quantitative estimate of drug-likeness (QED) is 0.418. The maximum absolute atomic E-state index is 12.8. The van der Waals surface area contributed by atoms with Crippen molar-refractivity contribution in [1.29, 1.82) is 5.26 Å². The van der Waals surface area contributed by atoms with Crippen molar-refractivity contribution in [3.8, 4) is 17.6 Å². The maximum Gasteiger partial charge on any atom is 0.416 e. The molecular formula is C19H13F5N2O3. The molecule has 2 aromatic rings. The van der Waals surface area contributed by atoms with E-state index < -0.39 is 29.8 Å². The Morgan fingerprint density at radius 3 is 2.48 bits per heavy atom. The lowest BCUT2D eigenvalue weighted by atomic mass is 10.1. The van der Waals surface area contributed by atoms with Gasteiger partial charge in [0.2, 0.25) is 0 Å². The summed E-state index contributed by atoms with van der Waals surface area (Å²) in [4.78, 5) is 12.2. The van der Waals surface area contributed by atoms with Gasteiger partial charge in [0.25, 0.3) is 5.91 Å². The first-order valence-corrected chi connectivity index (χ1v) is 7.87. The Morgan fingerprint density at radius 2 is 1.90 bits per heavy atom. The van der Waals surface area contributed by atoms with Gasteiger partial charge in [0.15, 0.2) is 11.5 Å². The fourth-order valence-electron chi connectivity index (χ4n) is 2.25. The number of anilines is 1. The highest BCUT2D eigenvalue weighted by Gasteiger charge is 2.30. The average molecular weight is 412 g/mol. The number of hydrogen-bond acceptors (Lipinski definition) is 4. The lowest BCUT2D eigenvalue weighted by molar-refractivity contribution is -0.137. The van der Waals surface area contributed by atoms with Gasteiger partial charge in [-0.2, -0.15) is 27.2 Å². The first-order valence-electron chi connectivity index (χ1n) is 7.87. The standard InChI is InChI=1S/C19H13F5N2O3/c1-28-16-8-11(5-6-15(16)29-18(20)21)7-12(10-25)17(27)26-14-4-2-3-13(9-14)19(22,23)24/h2-9,18H,1H3,(H,26,27)/b12-7-. The minimum atomic E-state index is -4.59. The summed E-state index contributed by atoms with van der Waals surface area (Å²) in [6.07, 6.45) is -3.47. The summed E-state index contributed by atoms with van der Waals surface area (Å²) in [5, 5.41) is 11.4. The number of hydrogen-bond donors (Lipinski definition) is 1. The third kappa shape index (κ3) is 5.93. The molecule has 2 rings (SSSR count). The van der Waals surface area contributed by atoms with Gasteiger partial charge in [-0.05, 0) is 42.0 Å². The first kappa shape index (κ1) is 21.7. The molecule has 0 aromatic heterocycles. The van der Waals surface area contributed by atoms with Crippen molar-refractivity contribution >= 4 is 17.7 Å². The number of alkyl halides is 5. The molecule has 0 heterocycles. The molecule has 1 N–H and O–H groups in total. The molecule has 2 aromatic carbocycles. The number of ether oxygens (including phenoxy) is 2. The number of nitriles is 1. The van der Waals surface area contributed by atoms with Crippen LogP contribution in [0.1, 0.15) is 11.1 Å². The van der Waals surface area contributed by atoms with Crippen LogP contribution in [0, 0.1) is 11.3 Å². The molecule has 0 aliphatic heterocycles. The fraction of sp³-hybridized carbons (Fsp3) is 0.158. The zero-order chi connectivity index (χ0) is 21.6. The van der Waals surface area contributed by atoms with E-state index in [0.717, 1.165) is 30.3 Å². The van der Waals surface area contributed by atoms with Crippen LogP contribution in [0.4, 0.5) is 27.6 Å². The summed E-state index contributed by atoms with van der Waals surface area (Å²) >= 11 is 0. The van der Waals surface area contributed by atoms with E-state index in [9.17, 15) is 32.0 Å². The van der Waals surface area contributed by atoms with E-state index in [2.05, 4.69) is 10.1 Å². The van der Waals surface area contributed by atoms with Crippen LogP contribution in [-0.2, 0) is 11.0 Å². The minimum Gasteiger partial charge on any atom is -0.493 e. The van der Waals surface area contributed by atoms with Crippen molar-refractivity contribution < 1.29 is 36.2 Å². The molecule has 0 saturated carbocycles. The summed E-state index contributed by atoms with van der Waals surface area (Å²) in [5.41, 5.74) is -1.28. The molecule has 1 amide bonds. The van der Waals surface area contributed by atoms with E-state index in [1.807, 2.05) is 0 Å². The zero-order valence-electron chi connectivity index (χ0n) is 14.8. The van der Waals surface area contributed by atoms with Crippen LogP contribution >= 0.6 is 0 Å². The van der Waals surface area contributed by atoms with Gasteiger partial charge >= 0.3 is 12.8 Å². The fourth-order valence-corrected chi connectivity index (χ4v) is 2.25. The van der Waals surface area contributed by atoms with Crippen LogP contribution in [0.5, 0.6) is 11.5 Å². The number of amides is 1. The summed E-state index contributed by atoms with van der Waals surface area (Å²) in [7, 11) is 1.21. The maximum atomic E-state index is 12.8. The molecule has 152 valence electrons. The van der Waals surface area contributed by atoms with Crippen LogP contribution in [0.25, 0.3) is 6.08 Å². The largest absolute Gasteiger partial charge is 0.493 e. The Hall–Kier alpha value is -3.61. The lowest BCUT2D eigenvalue weighted by Crippen LogP contribution is -2.14. The Morgan fingerprint density at radius 1 is 1.17 bits per heavy atom. The number of benzene rings is 2. The number of carbonyl (C=O) groups is 1. The molecule has 0 fully saturated rings. The van der Waals surface area contributed by atoms with E-state index in [4.69, 9.17) is 4.74 Å². The van der Waals surface area contributed by atoms with Crippen LogP contribution in [0.15, 0.2) is 48.0 Å². The molecule has 0 saturated heterocycles. The highest BCUT2D eigenvalue weighted by molar-refractivity contribution is 6.09. The molecule has 0 atom stereocenters. The zero-order valence-corrected chi connectivity index (χ0v) is 14.8. The van der Waals surface area contributed by atoms with E-state index >= 15 is 0 Å². The predicted octanol–water partition coefficient (Wildman–Crippen LogP) is 4.86. The molecule has 0 aliphatic carbocycles. The van der Waals surface area contributed by atoms with Crippen molar-refractivity contribution in [2.45, 2.75) is 12.8 Å². The molecule has 5 nitrogen and oxygen atoms in total. The Labute approximate surface area is 162 Å². The van der Waals surface area contributed by atoms with Crippen molar-refractivity contribution in [2.24, 2.45) is 0 Å². The molecular weight excluding hydrogens is 399 g/mol. The van der Waals surface area contributed by atoms with Gasteiger partial charge in [-0.25, -0.2) is 0 Å². The Balaban J connectivity index is 2.26. The van der Waals surface area contributed by atoms with Crippen molar-refractivity contribution in [1.82, 2.24) is 0 Å². The number of methoxy groups -OCH3 is 1. The van der Waals surface area contributed by atoms with Gasteiger partial charge in [-0.15, -0.1) is 0 Å². The van der Waals surface area contributed by atoms with Crippen molar-refractivity contribution in [2.75, 3.05) is 12.4 Å². The first-order chi connectivity index (χ1) is 13.6. The highest BCUT2D eigenvalue weighted by Crippen LogP contribution is 2.31. The normalized spacial score (nSPS) is 11.7. The van der Waals surface area contributed by atoms with Crippen molar-refractivity contribution in [3.63, 3.8) is 0 Å². The summed E-state index contributed by atoms with van der Waals surface area (Å²) in [6.45, 7) is -3.07. The topological polar surface area (TPSA) is 71.3 Å². The Kier molecular flexibility index (Phi) is 6.77. The average Bonchev–Trinajstić information content (AvgIpc) is 2.66. The predicted molar refractivity (Wildman–Crippen MR) is 93.3 cm³/mol. The third-order valence-corrected chi connectivity index (χ3v) is 3.53. The molecule has 0 spiro atoms. The van der Waals surface area contributed by atoms with Crippen LogP contribution < -0.4 is 14.8 Å². The van der Waals surface area contributed by atoms with E-state index in [-0.39, 0.29) is 22.7 Å². The van der Waals surface area contributed by atoms with Crippen molar-refractivity contribution in [3.05, 3.63) is 59.2 Å². The molecule has 0 radical (unpaired) electrons. The third-order valence-electron chi connectivity index (χ3n) is 3.53. The molecule has 10 heteroatoms. The second-order valence-corrected chi connectivity index (χ2v) is 5.49. The molecule has 0 unspecified atom stereocenters. The van der Waals surface area contributed by atoms with Gasteiger partial charge in [-0.1, -0.05) is 12.1 Å². The van der Waals surface area contributed by atoms with Gasteiger partial charge in [0.05, 0.1) is 12.7 Å². The van der Waals surface area contributed by atoms with Gasteiger partial charge in [0.1, 0.15) is 11.6 Å². The second kappa shape index (κ2) is 9.05. The van der Waals surface area contributed by atoms with Crippen LogP contribution in [-0.4, -0.2) is 19.6 Å². The second-order valence-electron chi connectivity index (χ2n) is 5.49. The summed E-state index contributed by atoms with van der Waals surface area (Å²) in [5.74, 6) is -1.25. The number of nitrogens with one attached hydrogen (secondary N) is 1. The number of rotatable bonds is 6. The SMILES string of the molecule is COc1cc(/C=C(/C#N)C(=O)Nc2cccc(C(F)(F)F)c2)ccc1OC(F)F. The van der Waals surface area contributed by atoms with E-state index in [1.54, 1.807) is 6.07 Å². The summed E-state index contributed by atoms with van der Waals surface area (Å²) in [6, 6.07) is 9.27. The minimum absolute atomic E-state index is 0.0605. The summed E-state index contributed by atoms with van der Waals surface area (Å²) < 4.78 is 72.2. The van der Waals surface area contributed by atoms with Crippen LogP contribution in [0.2, 0.25) is 0 Å². The lowest BCUT2D eigenvalue weighted by Gasteiger charge is -2.11. The monoisotopic (exact) mass is 412 g/mol. The smallest absolute Gasteiger partial charge is 0.416 e. The van der Waals surface area contributed by atoms with E-state index in [0.29, 0.717) is 0 Å². The number of nitrogens with zero attached hydrogens (tertiary/aromatic N) is 1. The van der Waals surface area contributed by atoms with E-state index in [1.165, 1.54) is 25.3 Å². The molecule has 0 bridgehead atoms. The van der Waals surface area contributed by atoms with Gasteiger partial charge < -0.3 is 14.8 Å². The van der Waals surface area contributed by atoms with Crippen LogP contribution in [0.3, 0.4) is 0 Å². The highest BCUT2D eigenvalue weighted by atomic mass is 19.4. The van der Waals surface area contributed by atoms with Gasteiger partial charge in [-0.3, -0.25) is 4.79 Å².